The number of nitrogens with one attached hydrogen (secondary N) is 2. The SMILES string of the molecule is O=C(NC1CCC(=NOc2nc3oc(=O)cc(Cc4cccc(F)c4)c3c(=O)[nH]2)CC1)OC1CCCC1. The number of fused-ring (bicyclic) bond motifs is 1. The highest BCUT2D eigenvalue weighted by atomic mass is 19.1. The maximum absolute atomic E-state index is 13.6. The Kier molecular flexibility index (Phi) is 7.29. The molecule has 0 bridgehead atoms. The Morgan fingerprint density at radius 1 is 1.16 bits per heavy atom. The summed E-state index contributed by atoms with van der Waals surface area (Å²) in [4.78, 5) is 48.9. The molecule has 2 aromatic heterocycles. The lowest BCUT2D eigenvalue weighted by molar-refractivity contribution is 0.0969. The largest absolute Gasteiger partial charge is 0.446 e. The Morgan fingerprint density at radius 2 is 1.95 bits per heavy atom. The minimum atomic E-state index is -0.688. The van der Waals surface area contributed by atoms with Gasteiger partial charge in [-0.05, 0) is 81.0 Å². The van der Waals surface area contributed by atoms with Crippen LogP contribution in [0.5, 0.6) is 6.01 Å². The highest BCUT2D eigenvalue weighted by molar-refractivity contribution is 5.85. The van der Waals surface area contributed by atoms with Crippen LogP contribution in [0.2, 0.25) is 0 Å². The molecule has 2 aliphatic carbocycles. The standard InChI is InChI=1S/C26H27FN4O6/c27-17-5-3-4-15(13-17)12-16-14-21(32)36-24-22(16)23(33)29-25(30-24)37-31-19-10-8-18(9-11-19)28-26(34)35-20-6-1-2-7-20/h3-5,13-14,18,20H,1-2,6-12H2,(H,28,34)(H,29,30,33). The van der Waals surface area contributed by atoms with Crippen molar-refractivity contribution in [3.05, 3.63) is 68.0 Å². The molecular weight excluding hydrogens is 483 g/mol. The van der Waals surface area contributed by atoms with Crippen LogP contribution >= 0.6 is 0 Å². The molecule has 1 aromatic carbocycles. The second kappa shape index (κ2) is 10.9. The predicted molar refractivity (Wildman–Crippen MR) is 132 cm³/mol. The Labute approximate surface area is 210 Å². The first-order valence-corrected chi connectivity index (χ1v) is 12.4. The molecule has 2 aliphatic rings. The van der Waals surface area contributed by atoms with Gasteiger partial charge in [0.1, 0.15) is 17.3 Å². The van der Waals surface area contributed by atoms with Gasteiger partial charge in [0.25, 0.3) is 5.56 Å². The third-order valence-corrected chi connectivity index (χ3v) is 6.68. The topological polar surface area (TPSA) is 136 Å². The van der Waals surface area contributed by atoms with E-state index in [4.69, 9.17) is 14.0 Å². The molecule has 11 heteroatoms. The van der Waals surface area contributed by atoms with E-state index in [0.717, 1.165) is 31.4 Å². The van der Waals surface area contributed by atoms with Gasteiger partial charge in [0, 0.05) is 12.1 Å². The zero-order chi connectivity index (χ0) is 25.8. The number of hydrogen-bond donors (Lipinski definition) is 2. The summed E-state index contributed by atoms with van der Waals surface area (Å²) in [6.45, 7) is 0. The molecular formula is C26H27FN4O6. The first-order chi connectivity index (χ1) is 17.9. The van der Waals surface area contributed by atoms with Gasteiger partial charge in [-0.15, -0.1) is 0 Å². The number of carbonyl (C=O) groups is 1. The third-order valence-electron chi connectivity index (χ3n) is 6.68. The van der Waals surface area contributed by atoms with E-state index in [1.165, 1.54) is 18.2 Å². The van der Waals surface area contributed by atoms with Crippen LogP contribution in [0.1, 0.15) is 62.5 Å². The number of aromatic nitrogens is 2. The summed E-state index contributed by atoms with van der Waals surface area (Å²) in [5.41, 5.74) is 0.268. The van der Waals surface area contributed by atoms with Crippen molar-refractivity contribution in [2.24, 2.45) is 5.16 Å². The number of alkyl carbamates (subject to hydrolysis) is 1. The van der Waals surface area contributed by atoms with Gasteiger partial charge >= 0.3 is 17.7 Å². The van der Waals surface area contributed by atoms with E-state index in [-0.39, 0.29) is 41.8 Å². The summed E-state index contributed by atoms with van der Waals surface area (Å²) in [5.74, 6) is -0.416. The van der Waals surface area contributed by atoms with E-state index in [1.807, 2.05) is 0 Å². The number of rotatable bonds is 6. The molecule has 1 amide bonds. The van der Waals surface area contributed by atoms with Gasteiger partial charge in [0.15, 0.2) is 0 Å². The Bertz CT molecular complexity index is 1430. The predicted octanol–water partition coefficient (Wildman–Crippen LogP) is 3.95. The van der Waals surface area contributed by atoms with E-state index >= 15 is 0 Å². The van der Waals surface area contributed by atoms with Crippen molar-refractivity contribution in [2.45, 2.75) is 69.9 Å². The summed E-state index contributed by atoms with van der Waals surface area (Å²) >= 11 is 0. The molecule has 37 heavy (non-hydrogen) atoms. The van der Waals surface area contributed by atoms with Gasteiger partial charge in [0.05, 0.1) is 5.71 Å². The quantitative estimate of drug-likeness (QED) is 0.479. The number of benzene rings is 1. The number of H-pyrrole nitrogens is 1. The second-order valence-electron chi connectivity index (χ2n) is 9.43. The normalized spacial score (nSPS) is 18.1. The molecule has 2 heterocycles. The lowest BCUT2D eigenvalue weighted by Crippen LogP contribution is -2.39. The van der Waals surface area contributed by atoms with Gasteiger partial charge in [-0.3, -0.25) is 9.78 Å². The average molecular weight is 511 g/mol. The Morgan fingerprint density at radius 3 is 2.70 bits per heavy atom. The van der Waals surface area contributed by atoms with Crippen molar-refractivity contribution in [3.8, 4) is 6.01 Å². The first kappa shape index (κ1) is 24.7. The zero-order valence-electron chi connectivity index (χ0n) is 20.1. The minimum Gasteiger partial charge on any atom is -0.446 e. The van der Waals surface area contributed by atoms with E-state index in [0.29, 0.717) is 36.8 Å². The van der Waals surface area contributed by atoms with E-state index in [2.05, 4.69) is 20.4 Å². The van der Waals surface area contributed by atoms with Crippen LogP contribution in [-0.2, 0) is 11.2 Å². The van der Waals surface area contributed by atoms with Crippen molar-refractivity contribution >= 4 is 22.9 Å². The number of amides is 1. The van der Waals surface area contributed by atoms with Gasteiger partial charge in [0.2, 0.25) is 5.71 Å². The van der Waals surface area contributed by atoms with Crippen LogP contribution in [0, 0.1) is 5.82 Å². The number of nitrogens with zero attached hydrogens (tertiary/aromatic N) is 2. The second-order valence-corrected chi connectivity index (χ2v) is 9.43. The molecule has 0 atom stereocenters. The fraction of sp³-hybridized carbons (Fsp3) is 0.423. The number of hydrogen-bond acceptors (Lipinski definition) is 8. The molecule has 194 valence electrons. The van der Waals surface area contributed by atoms with Crippen LogP contribution in [0.25, 0.3) is 11.1 Å². The van der Waals surface area contributed by atoms with Crippen molar-refractivity contribution < 1.29 is 23.2 Å². The lowest BCUT2D eigenvalue weighted by Gasteiger charge is -2.24. The van der Waals surface area contributed by atoms with Crippen LogP contribution < -0.4 is 21.3 Å². The lowest BCUT2D eigenvalue weighted by atomic mass is 9.94. The molecule has 0 spiro atoms. The van der Waals surface area contributed by atoms with E-state index in [9.17, 15) is 18.8 Å². The van der Waals surface area contributed by atoms with Crippen molar-refractivity contribution in [2.75, 3.05) is 0 Å². The third kappa shape index (κ3) is 6.22. The Hall–Kier alpha value is -4.02. The molecule has 5 rings (SSSR count). The molecule has 2 saturated carbocycles. The Balaban J connectivity index is 1.23. The average Bonchev–Trinajstić information content (AvgIpc) is 3.36. The summed E-state index contributed by atoms with van der Waals surface area (Å²) in [6.07, 6.45) is 6.40. The first-order valence-electron chi connectivity index (χ1n) is 12.4. The molecule has 3 aromatic rings. The fourth-order valence-corrected chi connectivity index (χ4v) is 4.83. The highest BCUT2D eigenvalue weighted by Gasteiger charge is 2.24. The molecule has 0 radical (unpaired) electrons. The molecule has 0 unspecified atom stereocenters. The smallest absolute Gasteiger partial charge is 0.407 e. The number of halogens is 1. The van der Waals surface area contributed by atoms with Crippen LogP contribution in [0.15, 0.2) is 49.5 Å². The molecule has 0 saturated heterocycles. The summed E-state index contributed by atoms with van der Waals surface area (Å²) < 4.78 is 24.2. The van der Waals surface area contributed by atoms with Crippen molar-refractivity contribution in [3.63, 3.8) is 0 Å². The van der Waals surface area contributed by atoms with Gasteiger partial charge in [-0.1, -0.05) is 17.3 Å². The van der Waals surface area contributed by atoms with Crippen LogP contribution in [-0.4, -0.2) is 33.9 Å². The summed E-state index contributed by atoms with van der Waals surface area (Å²) in [5, 5.41) is 7.10. The summed E-state index contributed by atoms with van der Waals surface area (Å²) in [7, 11) is 0. The van der Waals surface area contributed by atoms with Crippen LogP contribution in [0.3, 0.4) is 0 Å². The number of oxime groups is 1. The monoisotopic (exact) mass is 510 g/mol. The van der Waals surface area contributed by atoms with E-state index in [1.54, 1.807) is 12.1 Å². The zero-order valence-corrected chi connectivity index (χ0v) is 20.1. The van der Waals surface area contributed by atoms with Gasteiger partial charge in [-0.2, -0.15) is 4.98 Å². The molecule has 10 nitrogen and oxygen atoms in total. The minimum absolute atomic E-state index is 0.00256. The van der Waals surface area contributed by atoms with Gasteiger partial charge < -0.3 is 19.3 Å². The van der Waals surface area contributed by atoms with E-state index < -0.39 is 17.0 Å². The molecule has 0 aliphatic heterocycles. The number of aromatic amines is 1. The molecule has 2 fully saturated rings. The van der Waals surface area contributed by atoms with Gasteiger partial charge in [-0.25, -0.2) is 14.0 Å². The van der Waals surface area contributed by atoms with Crippen LogP contribution in [0.4, 0.5) is 9.18 Å². The number of carbonyl (C=O) groups excluding carboxylic acids is 1. The molecule has 2 N–H and O–H groups in total. The summed E-state index contributed by atoms with van der Waals surface area (Å²) in [6, 6.07) is 6.88. The maximum atomic E-state index is 13.6. The highest BCUT2D eigenvalue weighted by Crippen LogP contribution is 2.22. The fourth-order valence-electron chi connectivity index (χ4n) is 4.83. The van der Waals surface area contributed by atoms with Crippen molar-refractivity contribution in [1.29, 1.82) is 0 Å². The maximum Gasteiger partial charge on any atom is 0.407 e. The van der Waals surface area contributed by atoms with Crippen molar-refractivity contribution in [1.82, 2.24) is 15.3 Å². The number of ether oxygens (including phenoxy) is 1.